The number of carbonyl (C=O) groups excluding carboxylic acids is 1. The number of aromatic nitrogens is 2. The largest absolute Gasteiger partial charge is 0.341 e. The van der Waals surface area contributed by atoms with Crippen LogP contribution in [0.2, 0.25) is 0 Å². The van der Waals surface area contributed by atoms with Gasteiger partial charge >= 0.3 is 0 Å². The zero-order valence-corrected chi connectivity index (χ0v) is 17.0. The van der Waals surface area contributed by atoms with Gasteiger partial charge in [-0.3, -0.25) is 9.69 Å². The fraction of sp³-hybridized carbons (Fsp3) is 0.818. The quantitative estimate of drug-likeness (QED) is 0.792. The molecule has 1 aliphatic carbocycles. The van der Waals surface area contributed by atoms with Crippen molar-refractivity contribution in [3.8, 4) is 0 Å². The molecular weight excluding hydrogens is 336 g/mol. The number of piperidine rings is 1. The highest BCUT2D eigenvalue weighted by molar-refractivity contribution is 5.81. The Bertz CT molecular complexity index is 608. The average molecular weight is 373 g/mol. The standard InChI is InChI=1S/C22H36N4O/c1-18(22(27)25-12-4-2-3-5-13-25)24-14-9-20(10-15-24)21-23-11-16-26(21)17-19-7-6-8-19/h11,16,18-20H,2-10,12-15,17H2,1H3/t18-/m0/s1. The molecule has 0 unspecified atom stereocenters. The highest BCUT2D eigenvalue weighted by atomic mass is 16.2. The number of carbonyl (C=O) groups is 1. The second kappa shape index (κ2) is 8.76. The van der Waals surface area contributed by atoms with Crippen LogP contribution in [0.25, 0.3) is 0 Å². The van der Waals surface area contributed by atoms with Gasteiger partial charge in [-0.15, -0.1) is 0 Å². The zero-order valence-electron chi connectivity index (χ0n) is 17.0. The van der Waals surface area contributed by atoms with Crippen LogP contribution < -0.4 is 0 Å². The van der Waals surface area contributed by atoms with Crippen molar-refractivity contribution >= 4 is 5.91 Å². The number of hydrogen-bond acceptors (Lipinski definition) is 3. The highest BCUT2D eigenvalue weighted by Gasteiger charge is 2.31. The molecule has 5 nitrogen and oxygen atoms in total. The number of amides is 1. The van der Waals surface area contributed by atoms with Crippen LogP contribution in [0.3, 0.4) is 0 Å². The van der Waals surface area contributed by atoms with Gasteiger partial charge in [0.2, 0.25) is 5.91 Å². The Hall–Kier alpha value is -1.36. The van der Waals surface area contributed by atoms with E-state index in [1.807, 2.05) is 6.20 Å². The molecule has 27 heavy (non-hydrogen) atoms. The molecule has 0 radical (unpaired) electrons. The van der Waals surface area contributed by atoms with Crippen LogP contribution in [0.4, 0.5) is 0 Å². The van der Waals surface area contributed by atoms with Gasteiger partial charge in [0.1, 0.15) is 5.82 Å². The molecule has 150 valence electrons. The maximum absolute atomic E-state index is 12.9. The molecule has 1 aromatic rings. The van der Waals surface area contributed by atoms with Crippen molar-refractivity contribution in [3.05, 3.63) is 18.2 Å². The molecule has 2 saturated heterocycles. The second-order valence-electron chi connectivity index (χ2n) is 8.96. The van der Waals surface area contributed by atoms with E-state index in [1.54, 1.807) is 0 Å². The molecule has 1 atom stereocenters. The predicted octanol–water partition coefficient (Wildman–Crippen LogP) is 3.65. The molecule has 1 saturated carbocycles. The van der Waals surface area contributed by atoms with Gasteiger partial charge in [0.15, 0.2) is 0 Å². The minimum Gasteiger partial charge on any atom is -0.341 e. The summed E-state index contributed by atoms with van der Waals surface area (Å²) in [7, 11) is 0. The molecule has 4 rings (SSSR count). The summed E-state index contributed by atoms with van der Waals surface area (Å²) in [4.78, 5) is 22.2. The summed E-state index contributed by atoms with van der Waals surface area (Å²) < 4.78 is 2.41. The molecular formula is C22H36N4O. The van der Waals surface area contributed by atoms with Crippen LogP contribution in [-0.4, -0.2) is 57.5 Å². The van der Waals surface area contributed by atoms with E-state index in [0.29, 0.717) is 11.8 Å². The van der Waals surface area contributed by atoms with Crippen LogP contribution in [-0.2, 0) is 11.3 Å². The van der Waals surface area contributed by atoms with Crippen molar-refractivity contribution < 1.29 is 4.79 Å². The van der Waals surface area contributed by atoms with Gasteiger partial charge in [0.05, 0.1) is 6.04 Å². The van der Waals surface area contributed by atoms with Crippen LogP contribution in [0.5, 0.6) is 0 Å². The first-order chi connectivity index (χ1) is 13.2. The number of imidazole rings is 1. The number of likely N-dealkylation sites (tertiary alicyclic amines) is 2. The fourth-order valence-corrected chi connectivity index (χ4v) is 5.04. The van der Waals surface area contributed by atoms with Gasteiger partial charge in [-0.25, -0.2) is 4.98 Å². The van der Waals surface area contributed by atoms with Crippen molar-refractivity contribution in [1.29, 1.82) is 0 Å². The Kier molecular flexibility index (Phi) is 6.16. The Labute approximate surface area is 164 Å². The van der Waals surface area contributed by atoms with Gasteiger partial charge in [-0.2, -0.15) is 0 Å². The van der Waals surface area contributed by atoms with Crippen LogP contribution in [0.1, 0.15) is 76.5 Å². The number of rotatable bonds is 5. The van der Waals surface area contributed by atoms with Gasteiger partial charge in [0, 0.05) is 37.9 Å². The van der Waals surface area contributed by atoms with Crippen LogP contribution in [0.15, 0.2) is 12.4 Å². The Morgan fingerprint density at radius 3 is 2.37 bits per heavy atom. The molecule has 1 aromatic heterocycles. The van der Waals surface area contributed by atoms with Gasteiger partial charge in [-0.05, 0) is 64.5 Å². The minimum atomic E-state index is 0.0266. The van der Waals surface area contributed by atoms with Crippen molar-refractivity contribution in [2.75, 3.05) is 26.2 Å². The summed E-state index contributed by atoms with van der Waals surface area (Å²) in [5.74, 6) is 3.05. The Morgan fingerprint density at radius 2 is 1.74 bits per heavy atom. The third-order valence-electron chi connectivity index (χ3n) is 7.14. The first kappa shape index (κ1) is 19.0. The molecule has 0 spiro atoms. The van der Waals surface area contributed by atoms with E-state index in [0.717, 1.165) is 51.5 Å². The maximum Gasteiger partial charge on any atom is 0.239 e. The van der Waals surface area contributed by atoms with Crippen LogP contribution in [0, 0.1) is 5.92 Å². The van der Waals surface area contributed by atoms with Crippen molar-refractivity contribution in [1.82, 2.24) is 19.4 Å². The summed E-state index contributed by atoms with van der Waals surface area (Å²) in [5.41, 5.74) is 0. The van der Waals surface area contributed by atoms with Crippen LogP contribution >= 0.6 is 0 Å². The molecule has 1 amide bonds. The number of hydrogen-bond donors (Lipinski definition) is 0. The molecule has 0 aromatic carbocycles. The molecule has 5 heteroatoms. The van der Waals surface area contributed by atoms with Gasteiger partial charge in [0.25, 0.3) is 0 Å². The van der Waals surface area contributed by atoms with E-state index in [2.05, 4.69) is 27.5 Å². The first-order valence-corrected chi connectivity index (χ1v) is 11.3. The van der Waals surface area contributed by atoms with E-state index in [-0.39, 0.29) is 6.04 Å². The van der Waals surface area contributed by atoms with E-state index < -0.39 is 0 Å². The maximum atomic E-state index is 12.9. The molecule has 3 heterocycles. The molecule has 3 fully saturated rings. The zero-order chi connectivity index (χ0) is 18.6. The third kappa shape index (κ3) is 4.39. The molecule has 3 aliphatic rings. The normalized spacial score (nSPS) is 24.4. The third-order valence-corrected chi connectivity index (χ3v) is 7.14. The van der Waals surface area contributed by atoms with E-state index in [1.165, 1.54) is 50.8 Å². The average Bonchev–Trinajstić information content (AvgIpc) is 2.95. The van der Waals surface area contributed by atoms with E-state index in [9.17, 15) is 4.79 Å². The second-order valence-corrected chi connectivity index (χ2v) is 8.96. The number of nitrogens with zero attached hydrogens (tertiary/aromatic N) is 4. The summed E-state index contributed by atoms with van der Waals surface area (Å²) in [6.45, 7) is 7.21. The van der Waals surface area contributed by atoms with E-state index in [4.69, 9.17) is 4.98 Å². The Morgan fingerprint density at radius 1 is 1.04 bits per heavy atom. The first-order valence-electron chi connectivity index (χ1n) is 11.3. The lowest BCUT2D eigenvalue weighted by molar-refractivity contribution is -0.136. The summed E-state index contributed by atoms with van der Waals surface area (Å²) in [6, 6.07) is 0.0266. The molecule has 0 N–H and O–H groups in total. The summed E-state index contributed by atoms with van der Waals surface area (Å²) in [5, 5.41) is 0. The van der Waals surface area contributed by atoms with Gasteiger partial charge < -0.3 is 9.47 Å². The van der Waals surface area contributed by atoms with Crippen molar-refractivity contribution in [2.24, 2.45) is 5.92 Å². The lowest BCUT2D eigenvalue weighted by Crippen LogP contribution is -2.49. The monoisotopic (exact) mass is 372 g/mol. The Balaban J connectivity index is 1.30. The predicted molar refractivity (Wildman–Crippen MR) is 108 cm³/mol. The summed E-state index contributed by atoms with van der Waals surface area (Å²) in [6.07, 6.45) is 15.5. The minimum absolute atomic E-state index is 0.0266. The van der Waals surface area contributed by atoms with E-state index >= 15 is 0 Å². The van der Waals surface area contributed by atoms with Gasteiger partial charge in [-0.1, -0.05) is 19.3 Å². The highest BCUT2D eigenvalue weighted by Crippen LogP contribution is 2.32. The van der Waals surface area contributed by atoms with Crippen molar-refractivity contribution in [2.45, 2.75) is 83.2 Å². The molecule has 2 aliphatic heterocycles. The smallest absolute Gasteiger partial charge is 0.239 e. The lowest BCUT2D eigenvalue weighted by atomic mass is 9.85. The fourth-order valence-electron chi connectivity index (χ4n) is 5.04. The topological polar surface area (TPSA) is 41.4 Å². The summed E-state index contributed by atoms with van der Waals surface area (Å²) >= 11 is 0. The lowest BCUT2D eigenvalue weighted by Gasteiger charge is -2.37. The van der Waals surface area contributed by atoms with Crippen molar-refractivity contribution in [3.63, 3.8) is 0 Å². The SMILES string of the molecule is C[C@@H](C(=O)N1CCCCCC1)N1CCC(c2nccn2CC2CCC2)CC1. The molecule has 0 bridgehead atoms.